The van der Waals surface area contributed by atoms with E-state index < -0.39 is 0 Å². The fraction of sp³-hybridized carbons (Fsp3) is 0.550. The number of nitrogens with one attached hydrogen (secondary N) is 1. The predicted molar refractivity (Wildman–Crippen MR) is 109 cm³/mol. The number of aromatic amines is 1. The van der Waals surface area contributed by atoms with E-state index in [0.717, 1.165) is 37.4 Å². The van der Waals surface area contributed by atoms with Gasteiger partial charge in [-0.3, -0.25) is 14.5 Å². The second-order valence-corrected chi connectivity index (χ2v) is 8.92. The number of rotatable bonds is 5. The first kappa shape index (κ1) is 19.3. The largest absolute Gasteiger partial charge is 0.337 e. The van der Waals surface area contributed by atoms with Gasteiger partial charge in [-0.25, -0.2) is 4.98 Å². The Morgan fingerprint density at radius 1 is 1.39 bits per heavy atom. The molecule has 1 saturated heterocycles. The molecule has 4 heterocycles. The SMILES string of the molecule is CN(C)CC(=O)N1CCc2nc(C3CCCN3Cc3cccs3)[nH]c(=O)c2C1. The topological polar surface area (TPSA) is 72.5 Å². The van der Waals surface area contributed by atoms with Gasteiger partial charge in [0, 0.05) is 24.4 Å². The molecule has 1 N–H and O–H groups in total. The van der Waals surface area contributed by atoms with Crippen molar-refractivity contribution in [3.63, 3.8) is 0 Å². The van der Waals surface area contributed by atoms with Gasteiger partial charge >= 0.3 is 0 Å². The average molecular weight is 402 g/mol. The molecule has 0 spiro atoms. The van der Waals surface area contributed by atoms with Crippen LogP contribution in [0.1, 0.15) is 40.8 Å². The third kappa shape index (κ3) is 4.04. The minimum Gasteiger partial charge on any atom is -0.337 e. The summed E-state index contributed by atoms with van der Waals surface area (Å²) in [6, 6.07) is 4.39. The van der Waals surface area contributed by atoms with Crippen LogP contribution in [0.25, 0.3) is 0 Å². The maximum atomic E-state index is 12.8. The van der Waals surface area contributed by atoms with Crippen LogP contribution >= 0.6 is 11.3 Å². The lowest BCUT2D eigenvalue weighted by Crippen LogP contribution is -2.43. The van der Waals surface area contributed by atoms with Crippen LogP contribution in [-0.4, -0.2) is 64.3 Å². The molecular formula is C20H27N5O2S. The van der Waals surface area contributed by atoms with E-state index in [1.165, 1.54) is 4.88 Å². The number of carbonyl (C=O) groups is 1. The molecule has 0 bridgehead atoms. The number of aromatic nitrogens is 2. The van der Waals surface area contributed by atoms with Crippen LogP contribution in [0, 0.1) is 0 Å². The third-order valence-corrected chi connectivity index (χ3v) is 6.37. The number of likely N-dealkylation sites (tertiary alicyclic amines) is 1. The van der Waals surface area contributed by atoms with Gasteiger partial charge < -0.3 is 14.8 Å². The van der Waals surface area contributed by atoms with Gasteiger partial charge in [0.2, 0.25) is 5.91 Å². The Hall–Kier alpha value is -2.03. The Bertz CT molecular complexity index is 892. The van der Waals surface area contributed by atoms with E-state index in [2.05, 4.69) is 27.4 Å². The Labute approximate surface area is 169 Å². The number of thiophene rings is 1. The monoisotopic (exact) mass is 401 g/mol. The summed E-state index contributed by atoms with van der Waals surface area (Å²) in [6.07, 6.45) is 2.77. The number of amides is 1. The molecule has 0 radical (unpaired) electrons. The Morgan fingerprint density at radius 2 is 2.25 bits per heavy atom. The molecule has 7 nitrogen and oxygen atoms in total. The molecule has 0 aromatic carbocycles. The number of likely N-dealkylation sites (N-methyl/N-ethyl adjacent to an activating group) is 1. The van der Waals surface area contributed by atoms with Crippen LogP contribution in [0.4, 0.5) is 0 Å². The minimum atomic E-state index is -0.0923. The first-order chi connectivity index (χ1) is 13.5. The zero-order chi connectivity index (χ0) is 19.7. The van der Waals surface area contributed by atoms with Crippen molar-refractivity contribution in [2.75, 3.05) is 33.7 Å². The van der Waals surface area contributed by atoms with Crippen molar-refractivity contribution in [3.8, 4) is 0 Å². The van der Waals surface area contributed by atoms with Crippen molar-refractivity contribution in [2.45, 2.75) is 38.4 Å². The average Bonchev–Trinajstić information content (AvgIpc) is 3.33. The minimum absolute atomic E-state index is 0.0528. The summed E-state index contributed by atoms with van der Waals surface area (Å²) in [5, 5.41) is 2.10. The molecule has 1 unspecified atom stereocenters. The summed E-state index contributed by atoms with van der Waals surface area (Å²) in [6.45, 7) is 3.26. The van der Waals surface area contributed by atoms with E-state index in [-0.39, 0.29) is 17.5 Å². The smallest absolute Gasteiger partial charge is 0.256 e. The number of fused-ring (bicyclic) bond motifs is 1. The molecule has 1 atom stereocenters. The lowest BCUT2D eigenvalue weighted by atomic mass is 10.1. The van der Waals surface area contributed by atoms with Crippen LogP contribution < -0.4 is 5.56 Å². The molecule has 1 amide bonds. The highest BCUT2D eigenvalue weighted by molar-refractivity contribution is 7.09. The van der Waals surface area contributed by atoms with Gasteiger partial charge in [-0.05, 0) is 44.9 Å². The molecular weight excluding hydrogens is 374 g/mol. The molecule has 0 aliphatic carbocycles. The molecule has 2 aromatic heterocycles. The summed E-state index contributed by atoms with van der Waals surface area (Å²) >= 11 is 1.77. The Morgan fingerprint density at radius 3 is 3.00 bits per heavy atom. The molecule has 28 heavy (non-hydrogen) atoms. The number of nitrogens with zero attached hydrogens (tertiary/aromatic N) is 4. The van der Waals surface area contributed by atoms with E-state index in [0.29, 0.717) is 31.6 Å². The Kier molecular flexibility index (Phi) is 5.61. The van der Waals surface area contributed by atoms with E-state index in [9.17, 15) is 9.59 Å². The van der Waals surface area contributed by atoms with Gasteiger partial charge in [-0.1, -0.05) is 6.07 Å². The van der Waals surface area contributed by atoms with E-state index >= 15 is 0 Å². The lowest BCUT2D eigenvalue weighted by Gasteiger charge is -2.30. The number of hydrogen-bond donors (Lipinski definition) is 1. The number of hydrogen-bond acceptors (Lipinski definition) is 6. The van der Waals surface area contributed by atoms with Gasteiger partial charge in [0.15, 0.2) is 0 Å². The molecule has 1 fully saturated rings. The highest BCUT2D eigenvalue weighted by atomic mass is 32.1. The maximum Gasteiger partial charge on any atom is 0.256 e. The zero-order valence-electron chi connectivity index (χ0n) is 16.5. The van der Waals surface area contributed by atoms with Crippen molar-refractivity contribution in [1.82, 2.24) is 24.7 Å². The van der Waals surface area contributed by atoms with E-state index in [1.54, 1.807) is 16.2 Å². The number of H-pyrrole nitrogens is 1. The second-order valence-electron chi connectivity index (χ2n) is 7.89. The van der Waals surface area contributed by atoms with Crippen molar-refractivity contribution in [1.29, 1.82) is 0 Å². The van der Waals surface area contributed by atoms with E-state index in [1.807, 2.05) is 19.0 Å². The summed E-state index contributed by atoms with van der Waals surface area (Å²) < 4.78 is 0. The van der Waals surface area contributed by atoms with Crippen molar-refractivity contribution >= 4 is 17.2 Å². The zero-order valence-corrected chi connectivity index (χ0v) is 17.3. The van der Waals surface area contributed by atoms with Crippen molar-refractivity contribution < 1.29 is 4.79 Å². The molecule has 2 aliphatic rings. The molecule has 2 aromatic rings. The molecule has 8 heteroatoms. The number of carbonyl (C=O) groups excluding carboxylic acids is 1. The molecule has 150 valence electrons. The van der Waals surface area contributed by atoms with Gasteiger partial charge in [0.25, 0.3) is 5.56 Å². The second kappa shape index (κ2) is 8.14. The Balaban J connectivity index is 1.53. The van der Waals surface area contributed by atoms with Gasteiger partial charge in [-0.2, -0.15) is 0 Å². The summed E-state index contributed by atoms with van der Waals surface area (Å²) in [4.78, 5) is 40.4. The quantitative estimate of drug-likeness (QED) is 0.824. The van der Waals surface area contributed by atoms with Crippen LogP contribution in [-0.2, 0) is 24.3 Å². The molecule has 2 aliphatic heterocycles. The molecule has 0 saturated carbocycles. The van der Waals surface area contributed by atoms with Gasteiger partial charge in [-0.15, -0.1) is 11.3 Å². The first-order valence-electron chi connectivity index (χ1n) is 9.82. The van der Waals surface area contributed by atoms with E-state index in [4.69, 9.17) is 4.98 Å². The summed E-state index contributed by atoms with van der Waals surface area (Å²) in [5.41, 5.74) is 1.41. The van der Waals surface area contributed by atoms with Crippen LogP contribution in [0.3, 0.4) is 0 Å². The highest BCUT2D eigenvalue weighted by Gasteiger charge is 2.31. The fourth-order valence-electron chi connectivity index (χ4n) is 4.11. The van der Waals surface area contributed by atoms with Crippen molar-refractivity contribution in [2.24, 2.45) is 0 Å². The van der Waals surface area contributed by atoms with Gasteiger partial charge in [0.1, 0.15) is 5.82 Å². The fourth-order valence-corrected chi connectivity index (χ4v) is 4.84. The third-order valence-electron chi connectivity index (χ3n) is 5.51. The highest BCUT2D eigenvalue weighted by Crippen LogP contribution is 2.32. The standard InChI is InChI=1S/C20H27N5O2S/c1-23(2)13-18(26)25-9-7-16-15(12-25)20(27)22-19(21-16)17-6-3-8-24(17)11-14-5-4-10-28-14/h4-5,10,17H,3,6-9,11-13H2,1-2H3,(H,21,22,27). The maximum absolute atomic E-state index is 12.8. The summed E-state index contributed by atoms with van der Waals surface area (Å²) in [5.74, 6) is 0.836. The predicted octanol–water partition coefficient (Wildman–Crippen LogP) is 1.61. The van der Waals surface area contributed by atoms with Crippen LogP contribution in [0.2, 0.25) is 0 Å². The normalized spacial score (nSPS) is 20.0. The van der Waals surface area contributed by atoms with Crippen LogP contribution in [0.15, 0.2) is 22.3 Å². The van der Waals surface area contributed by atoms with Gasteiger partial charge in [0.05, 0.1) is 30.4 Å². The van der Waals surface area contributed by atoms with Crippen LogP contribution in [0.5, 0.6) is 0 Å². The molecule has 4 rings (SSSR count). The summed E-state index contributed by atoms with van der Waals surface area (Å²) in [7, 11) is 3.75. The van der Waals surface area contributed by atoms with Crippen molar-refractivity contribution in [3.05, 3.63) is 49.8 Å². The lowest BCUT2D eigenvalue weighted by molar-refractivity contribution is -0.132. The first-order valence-corrected chi connectivity index (χ1v) is 10.7.